The summed E-state index contributed by atoms with van der Waals surface area (Å²) in [4.78, 5) is 23.9. The van der Waals surface area contributed by atoms with E-state index in [0.29, 0.717) is 31.4 Å². The van der Waals surface area contributed by atoms with Crippen LogP contribution < -0.4 is 4.74 Å². The lowest BCUT2D eigenvalue weighted by molar-refractivity contribution is -0.126. The number of nitrogens with zero attached hydrogens (tertiary/aromatic N) is 1. The van der Waals surface area contributed by atoms with Gasteiger partial charge in [0.05, 0.1) is 25.0 Å². The Hall–Kier alpha value is -2.15. The molecule has 21 heavy (non-hydrogen) atoms. The molecule has 0 aliphatic heterocycles. The number of methoxy groups -OCH3 is 1. The molecule has 4 heteroatoms. The highest BCUT2D eigenvalue weighted by molar-refractivity contribution is 5.93. The van der Waals surface area contributed by atoms with Gasteiger partial charge in [-0.05, 0) is 43.0 Å². The fraction of sp³-hybridized carbons (Fsp3) is 0.471. The number of Topliss-reactive ketones (excluding diaryl/α,β-unsaturated/α-hetero) is 2. The Bertz CT molecular complexity index is 615. The molecular weight excluding hydrogens is 266 g/mol. The Morgan fingerprint density at radius 2 is 2.19 bits per heavy atom. The molecule has 0 unspecified atom stereocenters. The molecule has 0 amide bonds. The molecule has 0 heterocycles. The van der Waals surface area contributed by atoms with Gasteiger partial charge in [0.2, 0.25) is 0 Å². The molecule has 1 aromatic rings. The van der Waals surface area contributed by atoms with E-state index in [1.54, 1.807) is 7.11 Å². The number of aryl methyl sites for hydroxylation is 1. The summed E-state index contributed by atoms with van der Waals surface area (Å²) in [5.41, 5.74) is 1.08. The molecule has 110 valence electrons. The van der Waals surface area contributed by atoms with Gasteiger partial charge in [-0.25, -0.2) is 0 Å². The van der Waals surface area contributed by atoms with Crippen LogP contribution in [0.5, 0.6) is 5.75 Å². The third kappa shape index (κ3) is 2.82. The van der Waals surface area contributed by atoms with Gasteiger partial charge in [0.25, 0.3) is 0 Å². The molecule has 1 atom stereocenters. The average Bonchev–Trinajstić information content (AvgIpc) is 2.48. The van der Waals surface area contributed by atoms with Crippen LogP contribution in [0.4, 0.5) is 0 Å². The maximum Gasteiger partial charge on any atom is 0.144 e. The van der Waals surface area contributed by atoms with Crippen LogP contribution >= 0.6 is 0 Å². The zero-order valence-corrected chi connectivity index (χ0v) is 12.4. The molecule has 1 aliphatic carbocycles. The van der Waals surface area contributed by atoms with Crippen molar-refractivity contribution in [3.05, 3.63) is 29.3 Å². The van der Waals surface area contributed by atoms with Crippen LogP contribution in [0, 0.1) is 11.3 Å². The van der Waals surface area contributed by atoms with Crippen molar-refractivity contribution in [3.8, 4) is 11.8 Å². The van der Waals surface area contributed by atoms with Crippen molar-refractivity contribution >= 4 is 11.6 Å². The van der Waals surface area contributed by atoms with Gasteiger partial charge in [-0.2, -0.15) is 5.26 Å². The molecule has 0 saturated carbocycles. The number of carbonyl (C=O) groups is 2. The van der Waals surface area contributed by atoms with E-state index >= 15 is 0 Å². The molecule has 0 fully saturated rings. The van der Waals surface area contributed by atoms with Crippen LogP contribution in [-0.2, 0) is 21.4 Å². The van der Waals surface area contributed by atoms with E-state index in [1.807, 2.05) is 18.2 Å². The van der Waals surface area contributed by atoms with Crippen LogP contribution in [-0.4, -0.2) is 18.7 Å². The first-order chi connectivity index (χ1) is 10.0. The number of hydrogen-bond acceptors (Lipinski definition) is 4. The highest BCUT2D eigenvalue weighted by Gasteiger charge is 2.43. The Kier molecular flexibility index (Phi) is 4.42. The molecule has 0 bridgehead atoms. The SMILES string of the molecule is COc1ccc2c(c1)[C@@](CC#N)(CCC(C)=O)C(=O)CC2. The fourth-order valence-corrected chi connectivity index (χ4v) is 3.06. The van der Waals surface area contributed by atoms with E-state index in [0.717, 1.165) is 11.1 Å². The Morgan fingerprint density at radius 3 is 2.81 bits per heavy atom. The summed E-state index contributed by atoms with van der Waals surface area (Å²) in [6, 6.07) is 7.82. The van der Waals surface area contributed by atoms with Gasteiger partial charge >= 0.3 is 0 Å². The maximum atomic E-state index is 12.6. The molecule has 1 aliphatic rings. The lowest BCUT2D eigenvalue weighted by Crippen LogP contribution is -2.40. The number of hydrogen-bond donors (Lipinski definition) is 0. The molecule has 1 aromatic carbocycles. The molecule has 0 N–H and O–H groups in total. The van der Waals surface area contributed by atoms with Crippen LogP contribution in [0.1, 0.15) is 43.7 Å². The third-order valence-electron chi connectivity index (χ3n) is 4.27. The summed E-state index contributed by atoms with van der Waals surface area (Å²) in [5.74, 6) is 0.773. The Morgan fingerprint density at radius 1 is 1.43 bits per heavy atom. The molecule has 0 spiro atoms. The quantitative estimate of drug-likeness (QED) is 0.834. The number of nitriles is 1. The molecule has 4 nitrogen and oxygen atoms in total. The topological polar surface area (TPSA) is 67.2 Å². The lowest BCUT2D eigenvalue weighted by Gasteiger charge is -2.36. The minimum atomic E-state index is -0.859. The van der Waals surface area contributed by atoms with Crippen molar-refractivity contribution in [1.82, 2.24) is 0 Å². The van der Waals surface area contributed by atoms with E-state index in [2.05, 4.69) is 6.07 Å². The number of fused-ring (bicyclic) bond motifs is 1. The summed E-state index contributed by atoms with van der Waals surface area (Å²) in [6.45, 7) is 1.51. The second-order valence-corrected chi connectivity index (χ2v) is 5.57. The predicted molar refractivity (Wildman–Crippen MR) is 78.1 cm³/mol. The van der Waals surface area contributed by atoms with E-state index < -0.39 is 5.41 Å². The predicted octanol–water partition coefficient (Wildman–Crippen LogP) is 2.73. The van der Waals surface area contributed by atoms with Crippen LogP contribution in [0.25, 0.3) is 0 Å². The minimum absolute atomic E-state index is 0.0372. The number of ketones is 2. The highest BCUT2D eigenvalue weighted by atomic mass is 16.5. The first-order valence-corrected chi connectivity index (χ1v) is 7.10. The van der Waals surface area contributed by atoms with Gasteiger partial charge in [0.1, 0.15) is 17.3 Å². The first kappa shape index (κ1) is 15.2. The first-order valence-electron chi connectivity index (χ1n) is 7.10. The second-order valence-electron chi connectivity index (χ2n) is 5.57. The monoisotopic (exact) mass is 285 g/mol. The Labute approximate surface area is 124 Å². The van der Waals surface area contributed by atoms with Crippen molar-refractivity contribution in [1.29, 1.82) is 5.26 Å². The van der Waals surface area contributed by atoms with Gasteiger partial charge in [0.15, 0.2) is 0 Å². The van der Waals surface area contributed by atoms with E-state index in [-0.39, 0.29) is 18.0 Å². The van der Waals surface area contributed by atoms with Crippen molar-refractivity contribution in [2.24, 2.45) is 0 Å². The van der Waals surface area contributed by atoms with E-state index in [4.69, 9.17) is 4.74 Å². The standard InChI is InChI=1S/C17H19NO3/c1-12(19)7-8-17(9-10-18)15-11-14(21-2)5-3-13(15)4-6-16(17)20/h3,5,11H,4,6-9H2,1-2H3/t17-/m0/s1. The second kappa shape index (κ2) is 6.09. The third-order valence-corrected chi connectivity index (χ3v) is 4.27. The number of carbonyl (C=O) groups excluding carboxylic acids is 2. The zero-order valence-electron chi connectivity index (χ0n) is 12.4. The average molecular weight is 285 g/mol. The largest absolute Gasteiger partial charge is 0.497 e. The molecule has 2 rings (SSSR count). The highest BCUT2D eigenvalue weighted by Crippen LogP contribution is 2.42. The lowest BCUT2D eigenvalue weighted by atomic mass is 9.65. The maximum absolute atomic E-state index is 12.6. The Balaban J connectivity index is 2.54. The number of rotatable bonds is 5. The van der Waals surface area contributed by atoms with Crippen molar-refractivity contribution < 1.29 is 14.3 Å². The van der Waals surface area contributed by atoms with Crippen LogP contribution in [0.2, 0.25) is 0 Å². The molecule has 0 aromatic heterocycles. The summed E-state index contributed by atoms with van der Waals surface area (Å²) in [7, 11) is 1.58. The molecule has 0 saturated heterocycles. The van der Waals surface area contributed by atoms with Gasteiger partial charge in [-0.1, -0.05) is 6.07 Å². The zero-order chi connectivity index (χ0) is 15.5. The molecule has 0 radical (unpaired) electrons. The van der Waals surface area contributed by atoms with Gasteiger partial charge in [0, 0.05) is 12.8 Å². The van der Waals surface area contributed by atoms with Crippen LogP contribution in [0.15, 0.2) is 18.2 Å². The van der Waals surface area contributed by atoms with Crippen molar-refractivity contribution in [2.75, 3.05) is 7.11 Å². The van der Waals surface area contributed by atoms with E-state index in [1.165, 1.54) is 6.92 Å². The summed E-state index contributed by atoms with van der Waals surface area (Å²) in [6.07, 6.45) is 1.93. The summed E-state index contributed by atoms with van der Waals surface area (Å²) >= 11 is 0. The summed E-state index contributed by atoms with van der Waals surface area (Å²) < 4.78 is 5.25. The minimum Gasteiger partial charge on any atom is -0.497 e. The van der Waals surface area contributed by atoms with Gasteiger partial charge in [-0.3, -0.25) is 4.79 Å². The normalized spacial score (nSPS) is 20.5. The van der Waals surface area contributed by atoms with Gasteiger partial charge in [-0.15, -0.1) is 0 Å². The smallest absolute Gasteiger partial charge is 0.144 e. The molecular formula is C17H19NO3. The van der Waals surface area contributed by atoms with Crippen LogP contribution in [0.3, 0.4) is 0 Å². The fourth-order valence-electron chi connectivity index (χ4n) is 3.06. The van der Waals surface area contributed by atoms with Gasteiger partial charge < -0.3 is 9.53 Å². The van der Waals surface area contributed by atoms with E-state index in [9.17, 15) is 14.9 Å². The number of ether oxygens (including phenoxy) is 1. The number of benzene rings is 1. The summed E-state index contributed by atoms with van der Waals surface area (Å²) in [5, 5.41) is 9.20. The van der Waals surface area contributed by atoms with Crippen molar-refractivity contribution in [2.45, 2.75) is 44.4 Å². The van der Waals surface area contributed by atoms with Crippen molar-refractivity contribution in [3.63, 3.8) is 0 Å².